The summed E-state index contributed by atoms with van der Waals surface area (Å²) in [6, 6.07) is 3.79. The van der Waals surface area contributed by atoms with Crippen LogP contribution in [0.25, 0.3) is 4.96 Å². The number of aromatic hydroxyl groups is 1. The fraction of sp³-hybridized carbons (Fsp3) is 0.500. The average Bonchev–Trinajstić information content (AvgIpc) is 3.21. The van der Waals surface area contributed by atoms with Crippen molar-refractivity contribution in [2.45, 2.75) is 32.7 Å². The fourth-order valence-corrected chi connectivity index (χ4v) is 4.55. The first kappa shape index (κ1) is 14.7. The first-order valence-corrected chi connectivity index (χ1v) is 8.77. The van der Waals surface area contributed by atoms with Crippen LogP contribution in [0.1, 0.15) is 42.3 Å². The van der Waals surface area contributed by atoms with Crippen LogP contribution in [0.3, 0.4) is 0 Å². The van der Waals surface area contributed by atoms with Gasteiger partial charge in [-0.15, -0.1) is 5.10 Å². The quantitative estimate of drug-likeness (QED) is 0.798. The summed E-state index contributed by atoms with van der Waals surface area (Å²) in [5.41, 5.74) is 0. The number of piperidine rings is 1. The van der Waals surface area contributed by atoms with Gasteiger partial charge in [-0.25, -0.2) is 4.98 Å². The number of hydrogen-bond acceptors (Lipinski definition) is 6. The van der Waals surface area contributed by atoms with Crippen LogP contribution in [0.15, 0.2) is 22.8 Å². The molecule has 0 bridgehead atoms. The molecule has 1 saturated heterocycles. The predicted octanol–water partition coefficient (Wildman–Crippen LogP) is 3.22. The average molecular weight is 332 g/mol. The van der Waals surface area contributed by atoms with E-state index < -0.39 is 0 Å². The van der Waals surface area contributed by atoms with Crippen LogP contribution in [0.2, 0.25) is 0 Å². The maximum Gasteiger partial charge on any atom is 0.230 e. The number of fused-ring (bicyclic) bond motifs is 1. The van der Waals surface area contributed by atoms with Gasteiger partial charge in [0.05, 0.1) is 11.1 Å². The van der Waals surface area contributed by atoms with E-state index in [1.807, 2.05) is 19.1 Å². The molecule has 0 saturated carbocycles. The number of aromatic nitrogens is 3. The van der Waals surface area contributed by atoms with E-state index in [2.05, 4.69) is 21.9 Å². The highest BCUT2D eigenvalue weighted by molar-refractivity contribution is 7.17. The van der Waals surface area contributed by atoms with Crippen LogP contribution < -0.4 is 0 Å². The minimum Gasteiger partial charge on any atom is -0.492 e. The highest BCUT2D eigenvalue weighted by Gasteiger charge is 2.33. The number of nitrogens with zero attached hydrogens (tertiary/aromatic N) is 4. The molecule has 1 fully saturated rings. The van der Waals surface area contributed by atoms with Gasteiger partial charge in [-0.2, -0.15) is 4.52 Å². The highest BCUT2D eigenvalue weighted by atomic mass is 32.1. The lowest BCUT2D eigenvalue weighted by Gasteiger charge is -2.35. The summed E-state index contributed by atoms with van der Waals surface area (Å²) in [7, 11) is 0. The Labute approximate surface area is 138 Å². The monoisotopic (exact) mass is 332 g/mol. The van der Waals surface area contributed by atoms with E-state index in [0.717, 1.165) is 28.7 Å². The number of likely N-dealkylation sites (tertiary alicyclic amines) is 1. The van der Waals surface area contributed by atoms with Crippen LogP contribution in [-0.4, -0.2) is 37.7 Å². The molecule has 3 aromatic heterocycles. The van der Waals surface area contributed by atoms with Crippen LogP contribution in [-0.2, 0) is 0 Å². The summed E-state index contributed by atoms with van der Waals surface area (Å²) < 4.78 is 7.22. The van der Waals surface area contributed by atoms with E-state index in [4.69, 9.17) is 4.42 Å². The summed E-state index contributed by atoms with van der Waals surface area (Å²) in [5, 5.41) is 14.9. The Bertz CT molecular complexity index is 808. The third-order valence-corrected chi connectivity index (χ3v) is 5.49. The standard InChI is InChI=1S/C16H20N4O2S/c1-10-5-3-7-19(9-10)13(12-6-4-8-22-12)14-15(21)20-16(23-14)17-11(2)18-20/h4,6,8,10,13,21H,3,5,7,9H2,1-2H3/t10-,13+/m1/s1. The summed E-state index contributed by atoms with van der Waals surface area (Å²) in [6.07, 6.45) is 4.11. The molecule has 1 aliphatic rings. The van der Waals surface area contributed by atoms with E-state index in [-0.39, 0.29) is 11.9 Å². The van der Waals surface area contributed by atoms with Crippen molar-refractivity contribution in [1.82, 2.24) is 19.5 Å². The highest BCUT2D eigenvalue weighted by Crippen LogP contribution is 2.41. The third-order valence-electron chi connectivity index (χ3n) is 4.42. The minimum atomic E-state index is -0.0819. The van der Waals surface area contributed by atoms with Crippen LogP contribution >= 0.6 is 11.3 Å². The topological polar surface area (TPSA) is 66.8 Å². The van der Waals surface area contributed by atoms with E-state index in [1.54, 1.807) is 6.26 Å². The van der Waals surface area contributed by atoms with Gasteiger partial charge in [0, 0.05) is 6.54 Å². The number of thiazole rings is 1. The Kier molecular flexibility index (Phi) is 3.61. The largest absolute Gasteiger partial charge is 0.492 e. The fourth-order valence-electron chi connectivity index (χ4n) is 3.41. The minimum absolute atomic E-state index is 0.0819. The lowest BCUT2D eigenvalue weighted by Crippen LogP contribution is -2.37. The molecule has 4 rings (SSSR count). The van der Waals surface area contributed by atoms with Crippen LogP contribution in [0, 0.1) is 12.8 Å². The number of hydrogen-bond donors (Lipinski definition) is 1. The lowest BCUT2D eigenvalue weighted by molar-refractivity contribution is 0.136. The van der Waals surface area contributed by atoms with E-state index >= 15 is 0 Å². The molecular weight excluding hydrogens is 312 g/mol. The van der Waals surface area contributed by atoms with Gasteiger partial charge in [-0.1, -0.05) is 18.3 Å². The molecule has 0 aromatic carbocycles. The predicted molar refractivity (Wildman–Crippen MR) is 87.8 cm³/mol. The molecule has 7 heteroatoms. The summed E-state index contributed by atoms with van der Waals surface area (Å²) in [6.45, 7) is 6.10. The van der Waals surface area contributed by atoms with Gasteiger partial charge in [0.2, 0.25) is 10.8 Å². The second-order valence-corrected chi connectivity index (χ2v) is 7.31. The Balaban J connectivity index is 1.80. The number of rotatable bonds is 3. The molecule has 0 unspecified atom stereocenters. The van der Waals surface area contributed by atoms with Crippen molar-refractivity contribution in [3.63, 3.8) is 0 Å². The summed E-state index contributed by atoms with van der Waals surface area (Å²) in [5.74, 6) is 2.34. The maximum absolute atomic E-state index is 10.7. The van der Waals surface area contributed by atoms with Gasteiger partial charge >= 0.3 is 0 Å². The molecule has 0 spiro atoms. The molecule has 23 heavy (non-hydrogen) atoms. The Morgan fingerprint density at radius 3 is 3.04 bits per heavy atom. The zero-order valence-corrected chi connectivity index (χ0v) is 14.1. The van der Waals surface area contributed by atoms with Crippen LogP contribution in [0.4, 0.5) is 0 Å². The molecule has 4 heterocycles. The van der Waals surface area contributed by atoms with Crippen LogP contribution in [0.5, 0.6) is 5.88 Å². The smallest absolute Gasteiger partial charge is 0.230 e. The van der Waals surface area contributed by atoms with E-state index in [0.29, 0.717) is 11.7 Å². The molecule has 0 aliphatic carbocycles. The Morgan fingerprint density at radius 2 is 2.35 bits per heavy atom. The van der Waals surface area contributed by atoms with Gasteiger partial charge < -0.3 is 9.52 Å². The molecular formula is C16H20N4O2S. The zero-order valence-electron chi connectivity index (χ0n) is 13.3. The van der Waals surface area contributed by atoms with Gasteiger partial charge in [0.25, 0.3) is 0 Å². The van der Waals surface area contributed by atoms with Crippen molar-refractivity contribution in [2.75, 3.05) is 13.1 Å². The molecule has 1 N–H and O–H groups in total. The number of furan rings is 1. The van der Waals surface area contributed by atoms with E-state index in [1.165, 1.54) is 28.7 Å². The first-order valence-electron chi connectivity index (χ1n) is 7.96. The molecule has 2 atom stereocenters. The molecule has 3 aromatic rings. The maximum atomic E-state index is 10.7. The van der Waals surface area contributed by atoms with Crippen molar-refractivity contribution < 1.29 is 9.52 Å². The third kappa shape index (κ3) is 2.53. The molecule has 0 radical (unpaired) electrons. The zero-order chi connectivity index (χ0) is 16.0. The first-order chi connectivity index (χ1) is 11.1. The second kappa shape index (κ2) is 5.65. The molecule has 0 amide bonds. The van der Waals surface area contributed by atoms with Gasteiger partial charge in [0.15, 0.2) is 0 Å². The molecule has 1 aliphatic heterocycles. The van der Waals surface area contributed by atoms with Crippen molar-refractivity contribution in [3.05, 3.63) is 34.9 Å². The van der Waals surface area contributed by atoms with Crippen molar-refractivity contribution in [1.29, 1.82) is 0 Å². The van der Waals surface area contributed by atoms with Gasteiger partial charge in [0.1, 0.15) is 17.6 Å². The Hall–Kier alpha value is -1.86. The van der Waals surface area contributed by atoms with Gasteiger partial charge in [-0.3, -0.25) is 4.90 Å². The molecule has 122 valence electrons. The van der Waals surface area contributed by atoms with Crippen molar-refractivity contribution in [3.8, 4) is 5.88 Å². The second-order valence-electron chi connectivity index (χ2n) is 6.30. The summed E-state index contributed by atoms with van der Waals surface area (Å²) in [4.78, 5) is 8.34. The molecule has 6 nitrogen and oxygen atoms in total. The van der Waals surface area contributed by atoms with Crippen molar-refractivity contribution >= 4 is 16.3 Å². The SMILES string of the molecule is Cc1nc2sc([C@H](c3ccco3)N3CCC[C@@H](C)C3)c(O)n2n1. The number of aryl methyl sites for hydroxylation is 1. The normalized spacial score (nSPS) is 21.0. The van der Waals surface area contributed by atoms with Gasteiger partial charge in [-0.05, 0) is 44.4 Å². The lowest BCUT2D eigenvalue weighted by atomic mass is 9.97. The van der Waals surface area contributed by atoms with E-state index in [9.17, 15) is 5.11 Å². The summed E-state index contributed by atoms with van der Waals surface area (Å²) >= 11 is 1.48. The van der Waals surface area contributed by atoms with Crippen molar-refractivity contribution in [2.24, 2.45) is 5.92 Å². The Morgan fingerprint density at radius 1 is 1.48 bits per heavy atom.